The topological polar surface area (TPSA) is 49.4 Å². The molecular weight excluding hydrogens is 447 g/mol. The van der Waals surface area contributed by atoms with Gasteiger partial charge in [-0.1, -0.05) is 61.2 Å². The van der Waals surface area contributed by atoms with Crippen molar-refractivity contribution in [2.75, 3.05) is 5.75 Å². The Balaban J connectivity index is 1.65. The van der Waals surface area contributed by atoms with Gasteiger partial charge in [-0.2, -0.15) is 0 Å². The fourth-order valence-electron chi connectivity index (χ4n) is 3.88. The predicted octanol–water partition coefficient (Wildman–Crippen LogP) is 5.58. The Kier molecular flexibility index (Phi) is 9.42. The molecule has 0 bridgehead atoms. The molecule has 0 radical (unpaired) electrons. The zero-order chi connectivity index (χ0) is 22.9. The molecular formula is C25H30ClFN2O2S. The molecule has 0 heterocycles. The maximum absolute atomic E-state index is 13.9. The van der Waals surface area contributed by atoms with Crippen molar-refractivity contribution in [3.8, 4) is 0 Å². The maximum atomic E-state index is 13.9. The highest BCUT2D eigenvalue weighted by molar-refractivity contribution is 7.99. The van der Waals surface area contributed by atoms with Gasteiger partial charge in [0.2, 0.25) is 11.8 Å². The second-order valence-electron chi connectivity index (χ2n) is 8.25. The lowest BCUT2D eigenvalue weighted by Crippen LogP contribution is -2.50. The van der Waals surface area contributed by atoms with Gasteiger partial charge in [-0.25, -0.2) is 4.39 Å². The van der Waals surface area contributed by atoms with Gasteiger partial charge < -0.3 is 10.2 Å². The molecule has 2 aromatic rings. The summed E-state index contributed by atoms with van der Waals surface area (Å²) in [5, 5.41) is 3.75. The Morgan fingerprint density at radius 1 is 1.12 bits per heavy atom. The minimum Gasteiger partial charge on any atom is -0.352 e. The fraction of sp³-hybridized carbons (Fsp3) is 0.440. The van der Waals surface area contributed by atoms with E-state index in [1.807, 2.05) is 12.1 Å². The zero-order valence-electron chi connectivity index (χ0n) is 18.4. The van der Waals surface area contributed by atoms with Crippen molar-refractivity contribution in [2.45, 2.75) is 63.4 Å². The molecule has 2 aromatic carbocycles. The molecule has 1 aliphatic carbocycles. The number of nitrogens with one attached hydrogen (secondary N) is 1. The number of hydrogen-bond donors (Lipinski definition) is 1. The number of benzene rings is 2. The van der Waals surface area contributed by atoms with Crippen LogP contribution in [0.3, 0.4) is 0 Å². The van der Waals surface area contributed by atoms with E-state index in [-0.39, 0.29) is 29.4 Å². The Bertz CT molecular complexity index is 903. The van der Waals surface area contributed by atoms with Crippen LogP contribution in [0.5, 0.6) is 0 Å². The second kappa shape index (κ2) is 12.3. The van der Waals surface area contributed by atoms with Crippen molar-refractivity contribution in [1.82, 2.24) is 10.2 Å². The Hall–Kier alpha value is -2.05. The molecule has 3 rings (SSSR count). The van der Waals surface area contributed by atoms with Gasteiger partial charge in [0.1, 0.15) is 11.9 Å². The first-order valence-corrected chi connectivity index (χ1v) is 12.6. The number of halogens is 2. The van der Waals surface area contributed by atoms with E-state index in [0.29, 0.717) is 22.9 Å². The number of nitrogens with zero attached hydrogens (tertiary/aromatic N) is 1. The normalized spacial score (nSPS) is 15.2. The van der Waals surface area contributed by atoms with Crippen molar-refractivity contribution in [1.29, 1.82) is 0 Å². The summed E-state index contributed by atoms with van der Waals surface area (Å²) in [5.41, 5.74) is 1.47. The molecule has 1 fully saturated rings. The first kappa shape index (κ1) is 24.6. The fourth-order valence-corrected chi connectivity index (χ4v) is 4.91. The third-order valence-electron chi connectivity index (χ3n) is 5.83. The molecule has 0 aromatic heterocycles. The van der Waals surface area contributed by atoms with E-state index in [1.54, 1.807) is 42.2 Å². The zero-order valence-corrected chi connectivity index (χ0v) is 19.9. The summed E-state index contributed by atoms with van der Waals surface area (Å²) in [7, 11) is 0. The van der Waals surface area contributed by atoms with E-state index >= 15 is 0 Å². The van der Waals surface area contributed by atoms with E-state index in [2.05, 4.69) is 5.32 Å². The van der Waals surface area contributed by atoms with Gasteiger partial charge in [-0.05, 0) is 49.1 Å². The Morgan fingerprint density at radius 2 is 1.81 bits per heavy atom. The van der Waals surface area contributed by atoms with Gasteiger partial charge in [0.25, 0.3) is 0 Å². The summed E-state index contributed by atoms with van der Waals surface area (Å²) in [4.78, 5) is 27.7. The molecule has 1 atom stereocenters. The van der Waals surface area contributed by atoms with Crippen LogP contribution in [-0.2, 0) is 21.9 Å². The van der Waals surface area contributed by atoms with E-state index < -0.39 is 6.04 Å². The molecule has 0 aliphatic heterocycles. The summed E-state index contributed by atoms with van der Waals surface area (Å²) in [5.74, 6) is 0.0235. The van der Waals surface area contributed by atoms with Crippen molar-refractivity contribution in [3.63, 3.8) is 0 Å². The summed E-state index contributed by atoms with van der Waals surface area (Å²) in [6.07, 6.45) is 5.44. The van der Waals surface area contributed by atoms with E-state index in [9.17, 15) is 14.0 Å². The number of thioether (sulfide) groups is 1. The van der Waals surface area contributed by atoms with Crippen molar-refractivity contribution >= 4 is 35.2 Å². The van der Waals surface area contributed by atoms with Crippen LogP contribution in [0.25, 0.3) is 0 Å². The second-order valence-corrected chi connectivity index (χ2v) is 9.67. The van der Waals surface area contributed by atoms with Crippen LogP contribution < -0.4 is 5.32 Å². The van der Waals surface area contributed by atoms with E-state index in [0.717, 1.165) is 31.2 Å². The highest BCUT2D eigenvalue weighted by Gasteiger charge is 2.28. The van der Waals surface area contributed by atoms with Crippen LogP contribution in [-0.4, -0.2) is 34.6 Å². The number of hydrogen-bond acceptors (Lipinski definition) is 3. The smallest absolute Gasteiger partial charge is 0.242 e. The first-order valence-electron chi connectivity index (χ1n) is 11.1. The first-order chi connectivity index (χ1) is 15.4. The monoisotopic (exact) mass is 476 g/mol. The third kappa shape index (κ3) is 7.24. The maximum Gasteiger partial charge on any atom is 0.242 e. The van der Waals surface area contributed by atoms with Crippen LogP contribution in [0.1, 0.15) is 50.2 Å². The average Bonchev–Trinajstić information content (AvgIpc) is 2.80. The number of carbonyl (C=O) groups excluding carboxylic acids is 2. The van der Waals surface area contributed by atoms with Crippen LogP contribution >= 0.6 is 23.4 Å². The molecule has 32 heavy (non-hydrogen) atoms. The van der Waals surface area contributed by atoms with Crippen LogP contribution in [0.2, 0.25) is 5.02 Å². The molecule has 1 N–H and O–H groups in total. The number of amides is 2. The average molecular weight is 477 g/mol. The molecule has 4 nitrogen and oxygen atoms in total. The SMILES string of the molecule is CC(C(=O)NC1CCCCC1)N(Cc1ccc(Cl)cc1)C(=O)CSCc1ccccc1F. The lowest BCUT2D eigenvalue weighted by molar-refractivity contribution is -0.139. The predicted molar refractivity (Wildman–Crippen MR) is 129 cm³/mol. The van der Waals surface area contributed by atoms with Crippen molar-refractivity contribution in [3.05, 3.63) is 70.5 Å². The van der Waals surface area contributed by atoms with Crippen LogP contribution in [0.15, 0.2) is 48.5 Å². The third-order valence-corrected chi connectivity index (χ3v) is 7.04. The van der Waals surface area contributed by atoms with Gasteiger partial charge in [0.15, 0.2) is 0 Å². The minimum atomic E-state index is -0.603. The summed E-state index contributed by atoms with van der Waals surface area (Å²) in [6.45, 7) is 2.09. The van der Waals surface area contributed by atoms with E-state index in [4.69, 9.17) is 11.6 Å². The van der Waals surface area contributed by atoms with Crippen molar-refractivity contribution < 1.29 is 14.0 Å². The van der Waals surface area contributed by atoms with Crippen LogP contribution in [0, 0.1) is 5.82 Å². The molecule has 1 aliphatic rings. The van der Waals surface area contributed by atoms with E-state index in [1.165, 1.54) is 24.2 Å². The molecule has 1 unspecified atom stereocenters. The number of rotatable bonds is 9. The Labute approximate surface area is 198 Å². The molecule has 0 saturated heterocycles. The quantitative estimate of drug-likeness (QED) is 0.514. The van der Waals surface area contributed by atoms with Gasteiger partial charge in [0.05, 0.1) is 5.75 Å². The largest absolute Gasteiger partial charge is 0.352 e. The summed E-state index contributed by atoms with van der Waals surface area (Å²) >= 11 is 7.34. The van der Waals surface area contributed by atoms with Crippen LogP contribution in [0.4, 0.5) is 4.39 Å². The summed E-state index contributed by atoms with van der Waals surface area (Å²) in [6, 6.07) is 13.4. The number of carbonyl (C=O) groups is 2. The Morgan fingerprint density at radius 3 is 2.50 bits per heavy atom. The van der Waals surface area contributed by atoms with Gasteiger partial charge in [0, 0.05) is 23.4 Å². The lowest BCUT2D eigenvalue weighted by Gasteiger charge is -2.31. The van der Waals surface area contributed by atoms with Crippen molar-refractivity contribution in [2.24, 2.45) is 0 Å². The molecule has 0 spiro atoms. The lowest BCUT2D eigenvalue weighted by atomic mass is 9.95. The molecule has 1 saturated carbocycles. The summed E-state index contributed by atoms with van der Waals surface area (Å²) < 4.78 is 13.9. The molecule has 2 amide bonds. The van der Waals surface area contributed by atoms with Gasteiger partial charge >= 0.3 is 0 Å². The minimum absolute atomic E-state index is 0.127. The molecule has 172 valence electrons. The highest BCUT2D eigenvalue weighted by atomic mass is 35.5. The highest BCUT2D eigenvalue weighted by Crippen LogP contribution is 2.20. The van der Waals surface area contributed by atoms with Gasteiger partial charge in [-0.15, -0.1) is 11.8 Å². The standard InChI is InChI=1S/C25H30ClFN2O2S/c1-18(25(31)28-22-8-3-2-4-9-22)29(15-19-11-13-21(26)14-12-19)24(30)17-32-16-20-7-5-6-10-23(20)27/h5-7,10-14,18,22H,2-4,8-9,15-17H2,1H3,(H,28,31). The van der Waals surface area contributed by atoms with Gasteiger partial charge in [-0.3, -0.25) is 9.59 Å². The molecule has 7 heteroatoms.